The third-order valence-electron chi connectivity index (χ3n) is 4.31. The van der Waals surface area contributed by atoms with Crippen molar-refractivity contribution in [1.82, 2.24) is 4.90 Å². The van der Waals surface area contributed by atoms with E-state index in [0.29, 0.717) is 18.1 Å². The van der Waals surface area contributed by atoms with Crippen molar-refractivity contribution in [3.63, 3.8) is 0 Å². The SMILES string of the molecule is CCC1CCC(C)N1C(c1sccc1C)C(C)N. The van der Waals surface area contributed by atoms with Gasteiger partial charge in [-0.15, -0.1) is 11.3 Å². The Hall–Kier alpha value is -0.380. The van der Waals surface area contributed by atoms with Gasteiger partial charge in [0.1, 0.15) is 0 Å². The molecule has 1 saturated heterocycles. The second-order valence-electron chi connectivity index (χ2n) is 5.71. The average Bonchev–Trinajstić information content (AvgIpc) is 2.88. The zero-order valence-corrected chi connectivity index (χ0v) is 12.8. The van der Waals surface area contributed by atoms with Crippen LogP contribution in [0.5, 0.6) is 0 Å². The molecular weight excluding hydrogens is 240 g/mol. The monoisotopic (exact) mass is 266 g/mol. The van der Waals surface area contributed by atoms with E-state index < -0.39 is 0 Å². The van der Waals surface area contributed by atoms with Gasteiger partial charge in [-0.1, -0.05) is 6.92 Å². The number of aryl methyl sites for hydroxylation is 1. The second kappa shape index (κ2) is 5.72. The summed E-state index contributed by atoms with van der Waals surface area (Å²) in [6, 6.07) is 4.17. The summed E-state index contributed by atoms with van der Waals surface area (Å²) in [6.07, 6.45) is 3.87. The fraction of sp³-hybridized carbons (Fsp3) is 0.733. The molecule has 4 atom stereocenters. The van der Waals surface area contributed by atoms with Crippen molar-refractivity contribution in [3.05, 3.63) is 21.9 Å². The number of thiophene rings is 1. The maximum absolute atomic E-state index is 6.32. The van der Waals surface area contributed by atoms with E-state index in [2.05, 4.69) is 44.0 Å². The van der Waals surface area contributed by atoms with Crippen LogP contribution < -0.4 is 5.73 Å². The summed E-state index contributed by atoms with van der Waals surface area (Å²) in [5, 5.41) is 2.20. The number of hydrogen-bond donors (Lipinski definition) is 1. The van der Waals surface area contributed by atoms with E-state index >= 15 is 0 Å². The minimum absolute atomic E-state index is 0.192. The molecule has 0 aliphatic carbocycles. The topological polar surface area (TPSA) is 29.3 Å². The van der Waals surface area contributed by atoms with Crippen molar-refractivity contribution in [2.24, 2.45) is 5.73 Å². The molecule has 2 heterocycles. The minimum atomic E-state index is 0.192. The molecule has 0 amide bonds. The fourth-order valence-electron chi connectivity index (χ4n) is 3.34. The summed E-state index contributed by atoms with van der Waals surface area (Å²) in [7, 11) is 0. The van der Waals surface area contributed by atoms with Crippen LogP contribution >= 0.6 is 11.3 Å². The van der Waals surface area contributed by atoms with Crippen LogP contribution in [-0.4, -0.2) is 23.0 Å². The molecule has 1 aromatic heterocycles. The highest BCUT2D eigenvalue weighted by Gasteiger charge is 2.38. The Morgan fingerprint density at radius 1 is 1.50 bits per heavy atom. The molecule has 1 aromatic rings. The van der Waals surface area contributed by atoms with Crippen LogP contribution in [0.3, 0.4) is 0 Å². The molecule has 102 valence electrons. The van der Waals surface area contributed by atoms with Crippen LogP contribution in [0.1, 0.15) is 56.5 Å². The first-order chi connectivity index (χ1) is 8.56. The third-order valence-corrected chi connectivity index (χ3v) is 5.40. The van der Waals surface area contributed by atoms with Crippen molar-refractivity contribution in [2.45, 2.75) is 71.1 Å². The number of nitrogens with two attached hydrogens (primary N) is 1. The number of rotatable bonds is 4. The molecule has 0 bridgehead atoms. The molecule has 3 heteroatoms. The molecule has 2 rings (SSSR count). The van der Waals surface area contributed by atoms with Crippen LogP contribution in [0.2, 0.25) is 0 Å². The molecule has 2 nitrogen and oxygen atoms in total. The van der Waals surface area contributed by atoms with E-state index in [1.165, 1.54) is 29.7 Å². The maximum atomic E-state index is 6.32. The molecule has 1 aliphatic rings. The molecule has 0 saturated carbocycles. The highest BCUT2D eigenvalue weighted by Crippen LogP contribution is 2.39. The van der Waals surface area contributed by atoms with Gasteiger partial charge in [0.2, 0.25) is 0 Å². The molecule has 0 radical (unpaired) electrons. The lowest BCUT2D eigenvalue weighted by Gasteiger charge is -2.38. The van der Waals surface area contributed by atoms with Crippen LogP contribution in [0, 0.1) is 6.92 Å². The summed E-state index contributed by atoms with van der Waals surface area (Å²) in [6.45, 7) is 9.02. The third kappa shape index (κ3) is 2.49. The first-order valence-corrected chi connectivity index (χ1v) is 8.01. The van der Waals surface area contributed by atoms with Crippen LogP contribution in [0.4, 0.5) is 0 Å². The summed E-state index contributed by atoms with van der Waals surface area (Å²) in [4.78, 5) is 4.15. The quantitative estimate of drug-likeness (QED) is 0.900. The molecule has 1 fully saturated rings. The zero-order valence-electron chi connectivity index (χ0n) is 12.0. The van der Waals surface area contributed by atoms with E-state index in [-0.39, 0.29) is 6.04 Å². The average molecular weight is 266 g/mol. The van der Waals surface area contributed by atoms with E-state index in [1.807, 2.05) is 11.3 Å². The van der Waals surface area contributed by atoms with Gasteiger partial charge in [0.05, 0.1) is 6.04 Å². The predicted octanol–water partition coefficient (Wildman–Crippen LogP) is 3.71. The molecule has 4 unspecified atom stereocenters. The molecule has 18 heavy (non-hydrogen) atoms. The predicted molar refractivity (Wildman–Crippen MR) is 80.1 cm³/mol. The Morgan fingerprint density at radius 2 is 2.22 bits per heavy atom. The van der Waals surface area contributed by atoms with Gasteiger partial charge in [0.15, 0.2) is 0 Å². The number of likely N-dealkylation sites (tertiary alicyclic amines) is 1. The van der Waals surface area contributed by atoms with E-state index in [0.717, 1.165) is 0 Å². The van der Waals surface area contributed by atoms with Crippen molar-refractivity contribution in [3.8, 4) is 0 Å². The summed E-state index contributed by atoms with van der Waals surface area (Å²) >= 11 is 1.87. The standard InChI is InChI=1S/C15H26N2S/c1-5-13-7-6-11(3)17(13)14(12(4)16)15-10(2)8-9-18-15/h8-9,11-14H,5-7,16H2,1-4H3. The first kappa shape index (κ1) is 14.0. The van der Waals surface area contributed by atoms with E-state index in [9.17, 15) is 0 Å². The second-order valence-corrected chi connectivity index (χ2v) is 6.66. The fourth-order valence-corrected chi connectivity index (χ4v) is 4.49. The van der Waals surface area contributed by atoms with Gasteiger partial charge in [-0.05, 0) is 57.0 Å². The highest BCUT2D eigenvalue weighted by atomic mass is 32.1. The first-order valence-electron chi connectivity index (χ1n) is 7.13. The molecule has 2 N–H and O–H groups in total. The van der Waals surface area contributed by atoms with Crippen molar-refractivity contribution >= 4 is 11.3 Å². The van der Waals surface area contributed by atoms with Gasteiger partial charge in [0, 0.05) is 23.0 Å². The van der Waals surface area contributed by atoms with Gasteiger partial charge in [-0.3, -0.25) is 4.90 Å². The Balaban J connectivity index is 2.33. The largest absolute Gasteiger partial charge is 0.326 e. The van der Waals surface area contributed by atoms with Crippen LogP contribution in [0.25, 0.3) is 0 Å². The van der Waals surface area contributed by atoms with Gasteiger partial charge in [0.25, 0.3) is 0 Å². The van der Waals surface area contributed by atoms with Gasteiger partial charge >= 0.3 is 0 Å². The van der Waals surface area contributed by atoms with Gasteiger partial charge in [-0.25, -0.2) is 0 Å². The van der Waals surface area contributed by atoms with E-state index in [4.69, 9.17) is 5.73 Å². The summed E-state index contributed by atoms with van der Waals surface area (Å²) in [5.41, 5.74) is 7.72. The van der Waals surface area contributed by atoms with Crippen molar-refractivity contribution in [1.29, 1.82) is 0 Å². The Labute approximate surface area is 115 Å². The van der Waals surface area contributed by atoms with Gasteiger partial charge in [-0.2, -0.15) is 0 Å². The van der Waals surface area contributed by atoms with Crippen molar-refractivity contribution in [2.75, 3.05) is 0 Å². The molecule has 0 spiro atoms. The summed E-state index contributed by atoms with van der Waals surface area (Å²) < 4.78 is 0. The van der Waals surface area contributed by atoms with Crippen LogP contribution in [-0.2, 0) is 0 Å². The maximum Gasteiger partial charge on any atom is 0.0598 e. The number of hydrogen-bond acceptors (Lipinski definition) is 3. The zero-order chi connectivity index (χ0) is 13.3. The highest BCUT2D eigenvalue weighted by molar-refractivity contribution is 7.10. The lowest BCUT2D eigenvalue weighted by atomic mass is 10.0. The molecule has 0 aromatic carbocycles. The minimum Gasteiger partial charge on any atom is -0.326 e. The normalized spacial score (nSPS) is 28.5. The van der Waals surface area contributed by atoms with Crippen molar-refractivity contribution < 1.29 is 0 Å². The van der Waals surface area contributed by atoms with Crippen LogP contribution in [0.15, 0.2) is 11.4 Å². The smallest absolute Gasteiger partial charge is 0.0598 e. The Bertz CT molecular complexity index is 386. The lowest BCUT2D eigenvalue weighted by molar-refractivity contribution is 0.119. The number of nitrogens with zero attached hydrogens (tertiary/aromatic N) is 1. The molecular formula is C15H26N2S. The van der Waals surface area contributed by atoms with Gasteiger partial charge < -0.3 is 5.73 Å². The molecule has 1 aliphatic heterocycles. The lowest BCUT2D eigenvalue weighted by Crippen LogP contribution is -2.45. The Kier molecular flexibility index (Phi) is 4.46. The summed E-state index contributed by atoms with van der Waals surface area (Å²) in [5.74, 6) is 0. The Morgan fingerprint density at radius 3 is 2.72 bits per heavy atom. The van der Waals surface area contributed by atoms with E-state index in [1.54, 1.807) is 0 Å².